The topological polar surface area (TPSA) is 64.3 Å². The van der Waals surface area contributed by atoms with E-state index < -0.39 is 0 Å². The van der Waals surface area contributed by atoms with Gasteiger partial charge in [-0.15, -0.1) is 0 Å². The van der Waals surface area contributed by atoms with E-state index in [-0.39, 0.29) is 18.6 Å². The quantitative estimate of drug-likeness (QED) is 0.808. The molecule has 0 saturated heterocycles. The number of rotatable bonds is 7. The molecule has 0 fully saturated rings. The third-order valence-corrected chi connectivity index (χ3v) is 3.02. The Morgan fingerprint density at radius 1 is 1.53 bits per heavy atom. The molecule has 0 saturated carbocycles. The maximum atomic E-state index is 11.6. The number of hydrogen-bond acceptors (Lipinski definition) is 3. The van der Waals surface area contributed by atoms with E-state index in [0.29, 0.717) is 17.3 Å². The van der Waals surface area contributed by atoms with Crippen molar-refractivity contribution in [2.45, 2.75) is 39.3 Å². The Morgan fingerprint density at radius 2 is 2.26 bits per heavy atom. The van der Waals surface area contributed by atoms with Crippen molar-refractivity contribution in [1.29, 1.82) is 0 Å². The van der Waals surface area contributed by atoms with Crippen LogP contribution >= 0.6 is 11.6 Å². The summed E-state index contributed by atoms with van der Waals surface area (Å²) in [4.78, 5) is 11.6. The number of nitrogens with one attached hydrogen (secondary N) is 1. The summed E-state index contributed by atoms with van der Waals surface area (Å²) >= 11 is 6.03. The highest BCUT2D eigenvalue weighted by Crippen LogP contribution is 2.25. The molecule has 0 heterocycles. The van der Waals surface area contributed by atoms with Crippen molar-refractivity contribution in [2.75, 3.05) is 6.61 Å². The summed E-state index contributed by atoms with van der Waals surface area (Å²) in [6, 6.07) is 5.47. The van der Waals surface area contributed by atoms with Gasteiger partial charge >= 0.3 is 0 Å². The first kappa shape index (κ1) is 15.8. The lowest BCUT2D eigenvalue weighted by molar-refractivity contribution is -0.123. The van der Waals surface area contributed by atoms with E-state index in [1.165, 1.54) is 0 Å². The molecule has 0 aliphatic heterocycles. The van der Waals surface area contributed by atoms with Gasteiger partial charge in [0.1, 0.15) is 5.75 Å². The van der Waals surface area contributed by atoms with Gasteiger partial charge in [-0.05, 0) is 31.0 Å². The van der Waals surface area contributed by atoms with Crippen molar-refractivity contribution in [3.8, 4) is 5.75 Å². The number of halogens is 1. The highest BCUT2D eigenvalue weighted by Gasteiger charge is 2.09. The molecule has 0 aromatic heterocycles. The van der Waals surface area contributed by atoms with Crippen molar-refractivity contribution in [2.24, 2.45) is 5.73 Å². The van der Waals surface area contributed by atoms with Crippen molar-refractivity contribution in [3.05, 3.63) is 28.8 Å². The Kier molecular flexibility index (Phi) is 6.67. The zero-order valence-electron chi connectivity index (χ0n) is 11.4. The summed E-state index contributed by atoms with van der Waals surface area (Å²) in [5.74, 6) is 0.358. The molecule has 1 atom stereocenters. The smallest absolute Gasteiger partial charge is 0.258 e. The second-order valence-corrected chi connectivity index (χ2v) is 4.92. The molecule has 0 bridgehead atoms. The van der Waals surface area contributed by atoms with Crippen LogP contribution in [0.3, 0.4) is 0 Å². The number of nitrogens with two attached hydrogens (primary N) is 1. The van der Waals surface area contributed by atoms with Crippen LogP contribution in [-0.2, 0) is 11.3 Å². The van der Waals surface area contributed by atoms with Crippen LogP contribution in [0.25, 0.3) is 0 Å². The minimum absolute atomic E-state index is 0.0320. The Balaban J connectivity index is 2.46. The third-order valence-electron chi connectivity index (χ3n) is 2.72. The molecule has 106 valence electrons. The van der Waals surface area contributed by atoms with E-state index >= 15 is 0 Å². The number of carbonyl (C=O) groups is 1. The first-order chi connectivity index (χ1) is 9.06. The molecule has 19 heavy (non-hydrogen) atoms. The molecule has 4 nitrogen and oxygen atoms in total. The van der Waals surface area contributed by atoms with Gasteiger partial charge in [0.2, 0.25) is 0 Å². The van der Waals surface area contributed by atoms with Gasteiger partial charge in [0.25, 0.3) is 5.91 Å². The lowest BCUT2D eigenvalue weighted by atomic mass is 10.2. The second-order valence-electron chi connectivity index (χ2n) is 4.51. The highest BCUT2D eigenvalue weighted by atomic mass is 35.5. The van der Waals surface area contributed by atoms with E-state index in [9.17, 15) is 4.79 Å². The van der Waals surface area contributed by atoms with Gasteiger partial charge in [0.05, 0.1) is 5.02 Å². The Labute approximate surface area is 119 Å². The van der Waals surface area contributed by atoms with Gasteiger partial charge in [-0.25, -0.2) is 0 Å². The lowest BCUT2D eigenvalue weighted by Crippen LogP contribution is -2.35. The van der Waals surface area contributed by atoms with Crippen molar-refractivity contribution in [3.63, 3.8) is 0 Å². The number of benzene rings is 1. The fourth-order valence-corrected chi connectivity index (χ4v) is 2.01. The predicted molar refractivity (Wildman–Crippen MR) is 77.4 cm³/mol. The minimum atomic E-state index is -0.139. The average Bonchev–Trinajstić information content (AvgIpc) is 2.37. The van der Waals surface area contributed by atoms with Crippen LogP contribution in [0, 0.1) is 0 Å². The molecular weight excluding hydrogens is 264 g/mol. The van der Waals surface area contributed by atoms with Gasteiger partial charge in [-0.1, -0.05) is 31.0 Å². The van der Waals surface area contributed by atoms with Crippen LogP contribution in [0.1, 0.15) is 32.3 Å². The van der Waals surface area contributed by atoms with E-state index in [4.69, 9.17) is 22.1 Å². The third kappa shape index (κ3) is 5.49. The summed E-state index contributed by atoms with van der Waals surface area (Å²) in [5.41, 5.74) is 6.44. The molecule has 0 aliphatic rings. The Bertz CT molecular complexity index is 424. The molecule has 1 amide bonds. The zero-order chi connectivity index (χ0) is 14.3. The Hall–Kier alpha value is -1.26. The number of carbonyl (C=O) groups excluding carboxylic acids is 1. The van der Waals surface area contributed by atoms with Crippen molar-refractivity contribution < 1.29 is 9.53 Å². The summed E-state index contributed by atoms with van der Waals surface area (Å²) in [6.45, 7) is 4.45. The lowest BCUT2D eigenvalue weighted by Gasteiger charge is -2.13. The van der Waals surface area contributed by atoms with Crippen LogP contribution in [0.5, 0.6) is 5.75 Å². The summed E-state index contributed by atoms with van der Waals surface area (Å²) < 4.78 is 5.39. The molecule has 1 rings (SSSR count). The van der Waals surface area contributed by atoms with Crippen LogP contribution in [0.2, 0.25) is 5.02 Å². The highest BCUT2D eigenvalue weighted by molar-refractivity contribution is 6.32. The molecule has 5 heteroatoms. The fourth-order valence-electron chi connectivity index (χ4n) is 1.75. The van der Waals surface area contributed by atoms with Gasteiger partial charge in [0, 0.05) is 12.6 Å². The van der Waals surface area contributed by atoms with Gasteiger partial charge in [0.15, 0.2) is 6.61 Å². The normalized spacial score (nSPS) is 12.0. The maximum absolute atomic E-state index is 11.6. The molecule has 1 aromatic rings. The van der Waals surface area contributed by atoms with Gasteiger partial charge in [-0.3, -0.25) is 4.79 Å². The monoisotopic (exact) mass is 284 g/mol. The van der Waals surface area contributed by atoms with Crippen LogP contribution < -0.4 is 15.8 Å². The number of hydrogen-bond donors (Lipinski definition) is 2. The standard InChI is InChI=1S/C14H21ClN2O2/c1-3-4-10(2)17-14(18)9-19-13-6-5-11(8-16)7-12(13)15/h5-7,10H,3-4,8-9,16H2,1-2H3,(H,17,18). The van der Waals surface area contributed by atoms with E-state index in [1.807, 2.05) is 13.0 Å². The Morgan fingerprint density at radius 3 is 2.84 bits per heavy atom. The van der Waals surface area contributed by atoms with Crippen LogP contribution in [0.4, 0.5) is 0 Å². The second kappa shape index (κ2) is 8.02. The zero-order valence-corrected chi connectivity index (χ0v) is 12.2. The summed E-state index contributed by atoms with van der Waals surface area (Å²) in [6.07, 6.45) is 1.99. The van der Waals surface area contributed by atoms with E-state index in [0.717, 1.165) is 18.4 Å². The summed E-state index contributed by atoms with van der Waals surface area (Å²) in [5, 5.41) is 3.34. The number of amides is 1. The largest absolute Gasteiger partial charge is 0.482 e. The molecule has 1 aromatic carbocycles. The van der Waals surface area contributed by atoms with Crippen LogP contribution in [0.15, 0.2) is 18.2 Å². The first-order valence-corrected chi connectivity index (χ1v) is 6.85. The van der Waals surface area contributed by atoms with Crippen LogP contribution in [-0.4, -0.2) is 18.6 Å². The summed E-state index contributed by atoms with van der Waals surface area (Å²) in [7, 11) is 0. The minimum Gasteiger partial charge on any atom is -0.482 e. The molecule has 0 aliphatic carbocycles. The van der Waals surface area contributed by atoms with Crippen molar-refractivity contribution >= 4 is 17.5 Å². The maximum Gasteiger partial charge on any atom is 0.258 e. The van der Waals surface area contributed by atoms with E-state index in [1.54, 1.807) is 12.1 Å². The molecule has 0 spiro atoms. The van der Waals surface area contributed by atoms with E-state index in [2.05, 4.69) is 12.2 Å². The number of ether oxygens (including phenoxy) is 1. The SMILES string of the molecule is CCCC(C)NC(=O)COc1ccc(CN)cc1Cl. The van der Waals surface area contributed by atoms with Gasteiger partial charge < -0.3 is 15.8 Å². The fraction of sp³-hybridized carbons (Fsp3) is 0.500. The average molecular weight is 285 g/mol. The first-order valence-electron chi connectivity index (χ1n) is 6.47. The molecule has 1 unspecified atom stereocenters. The molecular formula is C14H21ClN2O2. The molecule has 3 N–H and O–H groups in total. The van der Waals surface area contributed by atoms with Gasteiger partial charge in [-0.2, -0.15) is 0 Å². The predicted octanol–water partition coefficient (Wildman–Crippen LogP) is 2.48. The molecule has 0 radical (unpaired) electrons. The van der Waals surface area contributed by atoms with Crippen molar-refractivity contribution in [1.82, 2.24) is 5.32 Å².